The van der Waals surface area contributed by atoms with Gasteiger partial charge in [0.2, 0.25) is 5.78 Å². The van der Waals surface area contributed by atoms with Crippen molar-refractivity contribution in [2.24, 2.45) is 5.10 Å². The number of rotatable bonds is 4. The molecule has 1 aromatic heterocycles. The van der Waals surface area contributed by atoms with E-state index >= 15 is 0 Å². The summed E-state index contributed by atoms with van der Waals surface area (Å²) >= 11 is 0. The van der Waals surface area contributed by atoms with E-state index in [0.29, 0.717) is 0 Å². The van der Waals surface area contributed by atoms with Gasteiger partial charge in [-0.05, 0) is 0 Å². The molecule has 0 radical (unpaired) electrons. The second-order valence-electron chi connectivity index (χ2n) is 3.27. The molecule has 0 aliphatic rings. The van der Waals surface area contributed by atoms with Gasteiger partial charge >= 0.3 is 5.69 Å². The number of aryl methyl sites for hydroxylation is 1. The third-order valence-corrected chi connectivity index (χ3v) is 1.74. The number of hydrazone groups is 1. The van der Waals surface area contributed by atoms with Crippen LogP contribution in [0.3, 0.4) is 0 Å². The lowest BCUT2D eigenvalue weighted by atomic mass is 10.3. The molecule has 7 heteroatoms. The second-order valence-corrected chi connectivity index (χ2v) is 3.27. The Labute approximate surface area is 91.5 Å². The number of nitro groups is 1. The fourth-order valence-electron chi connectivity index (χ4n) is 1.01. The lowest BCUT2D eigenvalue weighted by molar-refractivity contribution is -0.385. The lowest BCUT2D eigenvalue weighted by Crippen LogP contribution is -2.06. The Morgan fingerprint density at radius 1 is 1.62 bits per heavy atom. The minimum Gasteiger partial charge on any atom is -0.450 e. The second kappa shape index (κ2) is 4.56. The van der Waals surface area contributed by atoms with Crippen LogP contribution in [0, 0.1) is 17.0 Å². The summed E-state index contributed by atoms with van der Waals surface area (Å²) < 4.78 is 4.97. The highest BCUT2D eigenvalue weighted by molar-refractivity contribution is 6.34. The van der Waals surface area contributed by atoms with Gasteiger partial charge in [0.1, 0.15) is 0 Å². The molecule has 7 nitrogen and oxygen atoms in total. The van der Waals surface area contributed by atoms with Crippen LogP contribution < -0.4 is 0 Å². The molecule has 86 valence electrons. The molecule has 0 bridgehead atoms. The van der Waals surface area contributed by atoms with Gasteiger partial charge in [0.15, 0.2) is 11.5 Å². The van der Waals surface area contributed by atoms with E-state index in [0.717, 1.165) is 12.3 Å². The van der Waals surface area contributed by atoms with Crippen molar-refractivity contribution in [3.8, 4) is 0 Å². The van der Waals surface area contributed by atoms with Crippen LogP contribution in [0.4, 0.5) is 5.69 Å². The number of Topliss-reactive ketones (excluding diaryl/α,β-unsaturated/α-hetero) is 1. The van der Waals surface area contributed by atoms with E-state index in [1.165, 1.54) is 11.9 Å². The molecule has 0 aliphatic carbocycles. The number of nitrogens with zero attached hydrogens (tertiary/aromatic N) is 3. The van der Waals surface area contributed by atoms with Crippen molar-refractivity contribution >= 4 is 17.7 Å². The molecule has 0 saturated heterocycles. The molecular weight excluding hydrogens is 214 g/mol. The zero-order valence-corrected chi connectivity index (χ0v) is 9.13. The van der Waals surface area contributed by atoms with Gasteiger partial charge in [-0.3, -0.25) is 14.9 Å². The Balaban J connectivity index is 2.93. The van der Waals surface area contributed by atoms with Gasteiger partial charge in [-0.15, -0.1) is 0 Å². The highest BCUT2D eigenvalue weighted by Crippen LogP contribution is 2.22. The Bertz CT molecular complexity index is 448. The number of carbonyl (C=O) groups excluding carboxylic acids is 1. The summed E-state index contributed by atoms with van der Waals surface area (Å²) in [4.78, 5) is 21.4. The quantitative estimate of drug-likeness (QED) is 0.332. The molecule has 1 heterocycles. The SMILES string of the molecule is Cc1oc(C(=O)C=NN(C)C)cc1[N+](=O)[O-]. The van der Waals surface area contributed by atoms with E-state index in [2.05, 4.69) is 5.10 Å². The van der Waals surface area contributed by atoms with Crippen molar-refractivity contribution < 1.29 is 14.1 Å². The van der Waals surface area contributed by atoms with Crippen molar-refractivity contribution in [1.82, 2.24) is 5.01 Å². The normalized spacial score (nSPS) is 10.7. The maximum absolute atomic E-state index is 11.4. The fourth-order valence-corrected chi connectivity index (χ4v) is 1.01. The van der Waals surface area contributed by atoms with Crippen molar-refractivity contribution in [1.29, 1.82) is 0 Å². The van der Waals surface area contributed by atoms with E-state index in [-0.39, 0.29) is 17.2 Å². The number of carbonyl (C=O) groups is 1. The van der Waals surface area contributed by atoms with Crippen molar-refractivity contribution in [3.63, 3.8) is 0 Å². The summed E-state index contributed by atoms with van der Waals surface area (Å²) in [5, 5.41) is 15.7. The smallest absolute Gasteiger partial charge is 0.310 e. The van der Waals surface area contributed by atoms with Crippen molar-refractivity contribution in [3.05, 3.63) is 27.7 Å². The molecular formula is C9H11N3O4. The summed E-state index contributed by atoms with van der Waals surface area (Å²) in [6.07, 6.45) is 1.04. The zero-order chi connectivity index (χ0) is 12.3. The largest absolute Gasteiger partial charge is 0.450 e. The average molecular weight is 225 g/mol. The summed E-state index contributed by atoms with van der Waals surface area (Å²) in [7, 11) is 3.30. The Kier molecular flexibility index (Phi) is 3.39. The summed E-state index contributed by atoms with van der Waals surface area (Å²) in [5.74, 6) is -0.494. The Morgan fingerprint density at radius 2 is 2.25 bits per heavy atom. The minimum absolute atomic E-state index is 0.0881. The van der Waals surface area contributed by atoms with Crippen molar-refractivity contribution in [2.45, 2.75) is 6.92 Å². The summed E-state index contributed by atoms with van der Waals surface area (Å²) in [6.45, 7) is 1.43. The predicted octanol–water partition coefficient (Wildman–Crippen LogP) is 1.23. The fraction of sp³-hybridized carbons (Fsp3) is 0.333. The molecule has 0 fully saturated rings. The van der Waals surface area contributed by atoms with Crippen LogP contribution in [-0.4, -0.2) is 36.0 Å². The zero-order valence-electron chi connectivity index (χ0n) is 9.13. The molecule has 0 aliphatic heterocycles. The first kappa shape index (κ1) is 11.9. The van der Waals surface area contributed by atoms with Crippen LogP contribution >= 0.6 is 0 Å². The van der Waals surface area contributed by atoms with E-state index < -0.39 is 10.7 Å². The number of furan rings is 1. The number of hydrogen-bond donors (Lipinski definition) is 0. The third-order valence-electron chi connectivity index (χ3n) is 1.74. The molecule has 0 N–H and O–H groups in total. The first-order chi connectivity index (χ1) is 7.41. The number of hydrogen-bond acceptors (Lipinski definition) is 6. The minimum atomic E-state index is -0.599. The molecule has 0 amide bonds. The van der Waals surface area contributed by atoms with E-state index in [1.54, 1.807) is 14.1 Å². The highest BCUT2D eigenvalue weighted by Gasteiger charge is 2.20. The Morgan fingerprint density at radius 3 is 2.69 bits per heavy atom. The maximum Gasteiger partial charge on any atom is 0.310 e. The monoisotopic (exact) mass is 225 g/mol. The van der Waals surface area contributed by atoms with E-state index in [9.17, 15) is 14.9 Å². The van der Waals surface area contributed by atoms with Gasteiger partial charge < -0.3 is 9.43 Å². The average Bonchev–Trinajstić information content (AvgIpc) is 2.56. The van der Waals surface area contributed by atoms with E-state index in [1.807, 2.05) is 0 Å². The molecule has 1 rings (SSSR count). The van der Waals surface area contributed by atoms with E-state index in [4.69, 9.17) is 4.42 Å². The molecule has 0 aromatic carbocycles. The number of ketones is 1. The van der Waals surface area contributed by atoms with Gasteiger partial charge in [0.05, 0.1) is 17.2 Å². The van der Waals surface area contributed by atoms with Gasteiger partial charge in [-0.2, -0.15) is 5.10 Å². The van der Waals surface area contributed by atoms with Crippen LogP contribution in [0.1, 0.15) is 16.3 Å². The topological polar surface area (TPSA) is 89.0 Å². The molecule has 1 aromatic rings. The third kappa shape index (κ3) is 2.66. The molecule has 0 atom stereocenters. The van der Waals surface area contributed by atoms with Crippen molar-refractivity contribution in [2.75, 3.05) is 14.1 Å². The molecule has 0 spiro atoms. The lowest BCUT2D eigenvalue weighted by Gasteiger charge is -2.00. The summed E-state index contributed by atoms with van der Waals surface area (Å²) in [5.41, 5.74) is -0.207. The van der Waals surface area contributed by atoms with Crippen LogP contribution in [0.15, 0.2) is 15.6 Å². The first-order valence-electron chi connectivity index (χ1n) is 4.42. The van der Waals surface area contributed by atoms with Crippen LogP contribution in [0.5, 0.6) is 0 Å². The van der Waals surface area contributed by atoms with Gasteiger partial charge in [-0.1, -0.05) is 0 Å². The van der Waals surface area contributed by atoms with Crippen LogP contribution in [0.2, 0.25) is 0 Å². The molecule has 0 saturated carbocycles. The molecule has 16 heavy (non-hydrogen) atoms. The maximum atomic E-state index is 11.4. The first-order valence-corrected chi connectivity index (χ1v) is 4.42. The standard InChI is InChI=1S/C9H11N3O4/c1-6-7(12(14)15)4-9(16-6)8(13)5-10-11(2)3/h4-5H,1-3H3. The van der Waals surface area contributed by atoms with Gasteiger partial charge in [0, 0.05) is 21.0 Å². The molecule has 0 unspecified atom stereocenters. The predicted molar refractivity (Wildman–Crippen MR) is 56.6 cm³/mol. The highest BCUT2D eigenvalue weighted by atomic mass is 16.6. The van der Waals surface area contributed by atoms with Crippen LogP contribution in [-0.2, 0) is 0 Å². The van der Waals surface area contributed by atoms with Crippen LogP contribution in [0.25, 0.3) is 0 Å². The summed E-state index contributed by atoms with van der Waals surface area (Å²) in [6, 6.07) is 1.10. The Hall–Kier alpha value is -2.18. The van der Waals surface area contributed by atoms with Gasteiger partial charge in [0.25, 0.3) is 0 Å². The van der Waals surface area contributed by atoms with Gasteiger partial charge in [-0.25, -0.2) is 0 Å².